The molecular weight excluding hydrogens is 396 g/mol. The molecule has 4 nitrogen and oxygen atoms in total. The molecule has 0 aliphatic rings. The third-order valence-electron chi connectivity index (χ3n) is 4.61. The van der Waals surface area contributed by atoms with Crippen LogP contribution < -0.4 is 0 Å². The quantitative estimate of drug-likeness (QED) is 0.341. The Morgan fingerprint density at radius 2 is 1.72 bits per heavy atom. The molecule has 5 rings (SSSR count). The standard InChI is InChI=1S/C23H18N4S2/c1-15-8-10-18(11-9-15)29-27-13-19(21-22(27)25-16(2)12-24-21)23-26-20(14-28-23)17-6-4-3-5-7-17/h3-14H,1-2H3. The van der Waals surface area contributed by atoms with Gasteiger partial charge in [-0.15, -0.1) is 11.3 Å². The molecule has 0 unspecified atom stereocenters. The fraction of sp³-hybridized carbons (Fsp3) is 0.0870. The van der Waals surface area contributed by atoms with Crippen LogP contribution in [0.3, 0.4) is 0 Å². The second kappa shape index (κ2) is 7.46. The van der Waals surface area contributed by atoms with Crippen LogP contribution in [0.2, 0.25) is 0 Å². The first-order valence-corrected chi connectivity index (χ1v) is 10.9. The molecule has 3 heterocycles. The SMILES string of the molecule is Cc1ccc(Sn2cc(-c3nc(-c4ccccc4)cs3)c3ncc(C)nc32)cc1. The van der Waals surface area contributed by atoms with Gasteiger partial charge in [0, 0.05) is 28.2 Å². The van der Waals surface area contributed by atoms with E-state index >= 15 is 0 Å². The molecule has 0 aliphatic heterocycles. The summed E-state index contributed by atoms with van der Waals surface area (Å²) >= 11 is 3.28. The zero-order chi connectivity index (χ0) is 19.8. The zero-order valence-electron chi connectivity index (χ0n) is 16.0. The molecule has 3 aromatic heterocycles. The summed E-state index contributed by atoms with van der Waals surface area (Å²) in [6, 6.07) is 18.8. The van der Waals surface area contributed by atoms with Crippen molar-refractivity contribution in [3.8, 4) is 21.8 Å². The molecule has 0 radical (unpaired) electrons. The highest BCUT2D eigenvalue weighted by atomic mass is 32.2. The Hall–Kier alpha value is -2.96. The minimum absolute atomic E-state index is 0.863. The van der Waals surface area contributed by atoms with Gasteiger partial charge in [-0.3, -0.25) is 8.96 Å². The molecule has 0 saturated carbocycles. The molecule has 29 heavy (non-hydrogen) atoms. The summed E-state index contributed by atoms with van der Waals surface area (Å²) in [5, 5.41) is 3.05. The highest BCUT2D eigenvalue weighted by molar-refractivity contribution is 7.98. The predicted molar refractivity (Wildman–Crippen MR) is 121 cm³/mol. The van der Waals surface area contributed by atoms with E-state index in [2.05, 4.69) is 63.9 Å². The van der Waals surface area contributed by atoms with Crippen LogP contribution >= 0.6 is 23.3 Å². The number of aryl methyl sites for hydroxylation is 2. The van der Waals surface area contributed by atoms with E-state index in [0.717, 1.165) is 43.6 Å². The number of hydrogen-bond donors (Lipinski definition) is 0. The van der Waals surface area contributed by atoms with Crippen molar-refractivity contribution in [2.24, 2.45) is 0 Å². The largest absolute Gasteiger partial charge is 0.269 e. The van der Waals surface area contributed by atoms with E-state index in [1.165, 1.54) is 5.56 Å². The van der Waals surface area contributed by atoms with Crippen LogP contribution in [0.5, 0.6) is 0 Å². The Morgan fingerprint density at radius 1 is 0.931 bits per heavy atom. The van der Waals surface area contributed by atoms with Crippen LogP contribution in [-0.2, 0) is 0 Å². The second-order valence-corrected chi connectivity index (χ2v) is 8.77. The molecule has 0 atom stereocenters. The highest BCUT2D eigenvalue weighted by Gasteiger charge is 2.17. The van der Waals surface area contributed by atoms with E-state index in [1.54, 1.807) is 23.3 Å². The summed E-state index contributed by atoms with van der Waals surface area (Å²) in [5.74, 6) is 0. The summed E-state index contributed by atoms with van der Waals surface area (Å²) < 4.78 is 2.10. The Kier molecular flexibility index (Phi) is 4.66. The van der Waals surface area contributed by atoms with Gasteiger partial charge in [0.25, 0.3) is 0 Å². The molecule has 6 heteroatoms. The number of aromatic nitrogens is 4. The molecule has 0 amide bonds. The van der Waals surface area contributed by atoms with Crippen molar-refractivity contribution in [1.29, 1.82) is 0 Å². The topological polar surface area (TPSA) is 43.6 Å². The van der Waals surface area contributed by atoms with E-state index in [1.807, 2.05) is 31.3 Å². The lowest BCUT2D eigenvalue weighted by Crippen LogP contribution is -1.91. The maximum absolute atomic E-state index is 4.88. The molecule has 5 aromatic rings. The van der Waals surface area contributed by atoms with Gasteiger partial charge in [-0.2, -0.15) is 0 Å². The maximum Gasteiger partial charge on any atom is 0.170 e. The van der Waals surface area contributed by atoms with Gasteiger partial charge in [0.15, 0.2) is 5.65 Å². The highest BCUT2D eigenvalue weighted by Crippen LogP contribution is 2.36. The van der Waals surface area contributed by atoms with Gasteiger partial charge in [-0.25, -0.2) is 9.97 Å². The Labute approximate surface area is 177 Å². The smallest absolute Gasteiger partial charge is 0.170 e. The van der Waals surface area contributed by atoms with Crippen molar-refractivity contribution in [3.63, 3.8) is 0 Å². The van der Waals surface area contributed by atoms with Crippen molar-refractivity contribution < 1.29 is 0 Å². The minimum Gasteiger partial charge on any atom is -0.269 e. The lowest BCUT2D eigenvalue weighted by atomic mass is 10.2. The molecule has 0 fully saturated rings. The Balaban J connectivity index is 1.59. The Morgan fingerprint density at radius 3 is 2.52 bits per heavy atom. The van der Waals surface area contributed by atoms with Crippen LogP contribution in [-0.4, -0.2) is 18.9 Å². The maximum atomic E-state index is 4.88. The van der Waals surface area contributed by atoms with E-state index in [-0.39, 0.29) is 0 Å². The van der Waals surface area contributed by atoms with Crippen LogP contribution in [0.4, 0.5) is 0 Å². The summed E-state index contributed by atoms with van der Waals surface area (Å²) in [7, 11) is 0. The lowest BCUT2D eigenvalue weighted by molar-refractivity contribution is 1.15. The van der Waals surface area contributed by atoms with Crippen molar-refractivity contribution in [1.82, 2.24) is 18.9 Å². The third kappa shape index (κ3) is 3.57. The monoisotopic (exact) mass is 414 g/mol. The number of fused-ring (bicyclic) bond motifs is 1. The van der Waals surface area contributed by atoms with Crippen LogP contribution in [0.15, 0.2) is 77.3 Å². The minimum atomic E-state index is 0.863. The normalized spacial score (nSPS) is 11.2. The van der Waals surface area contributed by atoms with Gasteiger partial charge in [-0.1, -0.05) is 48.0 Å². The molecule has 0 aliphatic carbocycles. The van der Waals surface area contributed by atoms with E-state index in [4.69, 9.17) is 9.97 Å². The number of benzene rings is 2. The van der Waals surface area contributed by atoms with Gasteiger partial charge < -0.3 is 0 Å². The van der Waals surface area contributed by atoms with E-state index < -0.39 is 0 Å². The molecule has 0 bridgehead atoms. The molecule has 142 valence electrons. The summed E-state index contributed by atoms with van der Waals surface area (Å²) in [6.07, 6.45) is 3.92. The zero-order valence-corrected chi connectivity index (χ0v) is 17.7. The van der Waals surface area contributed by atoms with Gasteiger partial charge in [0.1, 0.15) is 10.5 Å². The summed E-state index contributed by atoms with van der Waals surface area (Å²) in [6.45, 7) is 4.07. The summed E-state index contributed by atoms with van der Waals surface area (Å²) in [5.41, 5.74) is 7.01. The van der Waals surface area contributed by atoms with Gasteiger partial charge in [0.2, 0.25) is 0 Å². The average Bonchev–Trinajstić information content (AvgIpc) is 3.36. The van der Waals surface area contributed by atoms with Gasteiger partial charge in [-0.05, 0) is 37.9 Å². The van der Waals surface area contributed by atoms with Crippen LogP contribution in [0, 0.1) is 13.8 Å². The fourth-order valence-corrected chi connectivity index (χ4v) is 4.82. The second-order valence-electron chi connectivity index (χ2n) is 6.86. The van der Waals surface area contributed by atoms with Gasteiger partial charge >= 0.3 is 0 Å². The molecule has 0 N–H and O–H groups in total. The molecule has 0 saturated heterocycles. The molecular formula is C23H18N4S2. The number of nitrogens with zero attached hydrogens (tertiary/aromatic N) is 4. The van der Waals surface area contributed by atoms with Crippen LogP contribution in [0.1, 0.15) is 11.3 Å². The Bertz CT molecular complexity index is 1290. The third-order valence-corrected chi connectivity index (χ3v) is 6.45. The first-order chi connectivity index (χ1) is 14.2. The van der Waals surface area contributed by atoms with Crippen molar-refractivity contribution >= 4 is 34.4 Å². The number of hydrogen-bond acceptors (Lipinski definition) is 5. The first kappa shape index (κ1) is 18.1. The first-order valence-electron chi connectivity index (χ1n) is 9.28. The lowest BCUT2D eigenvalue weighted by Gasteiger charge is -2.04. The molecule has 0 spiro atoms. The van der Waals surface area contributed by atoms with E-state index in [9.17, 15) is 0 Å². The van der Waals surface area contributed by atoms with Gasteiger partial charge in [0.05, 0.1) is 17.0 Å². The van der Waals surface area contributed by atoms with Crippen molar-refractivity contribution in [3.05, 3.63) is 83.6 Å². The number of rotatable bonds is 4. The summed E-state index contributed by atoms with van der Waals surface area (Å²) in [4.78, 5) is 15.5. The fourth-order valence-electron chi connectivity index (χ4n) is 3.13. The van der Waals surface area contributed by atoms with Crippen LogP contribution in [0.25, 0.3) is 33.0 Å². The number of thiazole rings is 1. The predicted octanol–water partition coefficient (Wildman–Crippen LogP) is 6.39. The van der Waals surface area contributed by atoms with Crippen molar-refractivity contribution in [2.75, 3.05) is 0 Å². The average molecular weight is 415 g/mol. The van der Waals surface area contributed by atoms with Crippen molar-refractivity contribution in [2.45, 2.75) is 18.7 Å². The van der Waals surface area contributed by atoms with E-state index in [0.29, 0.717) is 0 Å². The molecule has 2 aromatic carbocycles.